The predicted molar refractivity (Wildman–Crippen MR) is 50.2 cm³/mol. The van der Waals surface area contributed by atoms with Crippen LogP contribution in [0.3, 0.4) is 0 Å². The van der Waals surface area contributed by atoms with Gasteiger partial charge in [0.05, 0.1) is 0 Å². The third-order valence-corrected chi connectivity index (χ3v) is 1.57. The van der Waals surface area contributed by atoms with Gasteiger partial charge < -0.3 is 11.5 Å². The molecule has 0 spiro atoms. The minimum absolute atomic E-state index is 0.0980. The van der Waals surface area contributed by atoms with Crippen molar-refractivity contribution in [2.75, 3.05) is 0 Å². The largest absolute Gasteiger partial charge is 0.402 e. The van der Waals surface area contributed by atoms with E-state index in [1.807, 2.05) is 0 Å². The lowest BCUT2D eigenvalue weighted by Crippen LogP contribution is -2.20. The molecule has 0 saturated carbocycles. The van der Waals surface area contributed by atoms with Crippen molar-refractivity contribution >= 4 is 5.91 Å². The van der Waals surface area contributed by atoms with Gasteiger partial charge in [-0.15, -0.1) is 0 Å². The first-order chi connectivity index (χ1) is 5.24. The van der Waals surface area contributed by atoms with Gasteiger partial charge in [-0.25, -0.2) is 0 Å². The molecule has 0 aromatic carbocycles. The van der Waals surface area contributed by atoms with Gasteiger partial charge in [0.2, 0.25) is 5.91 Å². The Labute approximate surface area is 73.8 Å². The summed E-state index contributed by atoms with van der Waals surface area (Å²) in [6.45, 7) is 7.85. The summed E-state index contributed by atoms with van der Waals surface area (Å²) in [5, 5.41) is 0. The zero-order valence-corrected chi connectivity index (χ0v) is 8.27. The molecule has 0 unspecified atom stereocenters. The molecule has 3 heteroatoms. The van der Waals surface area contributed by atoms with E-state index in [1.54, 1.807) is 6.92 Å². The lowest BCUT2D eigenvalue weighted by atomic mass is 9.89. The molecule has 3 nitrogen and oxygen atoms in total. The maximum atomic E-state index is 10.7. The lowest BCUT2D eigenvalue weighted by Gasteiger charge is -2.18. The lowest BCUT2D eigenvalue weighted by molar-refractivity contribution is -0.114. The van der Waals surface area contributed by atoms with Crippen LogP contribution in [0.25, 0.3) is 0 Å². The molecule has 0 bridgehead atoms. The molecule has 0 aromatic heterocycles. The van der Waals surface area contributed by atoms with Crippen LogP contribution in [0.4, 0.5) is 0 Å². The molecule has 0 aliphatic carbocycles. The zero-order chi connectivity index (χ0) is 9.94. The SMILES string of the molecule is C/C(C(N)=O)=C(\N)CC(C)(C)C. The van der Waals surface area contributed by atoms with Crippen LogP contribution in [0, 0.1) is 5.41 Å². The van der Waals surface area contributed by atoms with Crippen molar-refractivity contribution in [1.82, 2.24) is 0 Å². The quantitative estimate of drug-likeness (QED) is 0.610. The molecule has 12 heavy (non-hydrogen) atoms. The highest BCUT2D eigenvalue weighted by molar-refractivity contribution is 5.91. The van der Waals surface area contributed by atoms with Gasteiger partial charge in [-0.1, -0.05) is 20.8 Å². The number of nitrogens with two attached hydrogens (primary N) is 2. The molecule has 0 aromatic rings. The van der Waals surface area contributed by atoms with Crippen LogP contribution in [-0.4, -0.2) is 5.91 Å². The molecule has 0 saturated heterocycles. The van der Waals surface area contributed by atoms with E-state index in [9.17, 15) is 4.79 Å². The molecular weight excluding hydrogens is 152 g/mol. The van der Waals surface area contributed by atoms with Gasteiger partial charge in [0.15, 0.2) is 0 Å². The van der Waals surface area contributed by atoms with Gasteiger partial charge in [-0.05, 0) is 18.8 Å². The first-order valence-corrected chi connectivity index (χ1v) is 3.99. The molecule has 0 rings (SSSR count). The van der Waals surface area contributed by atoms with E-state index >= 15 is 0 Å². The third-order valence-electron chi connectivity index (χ3n) is 1.57. The zero-order valence-electron chi connectivity index (χ0n) is 8.27. The standard InChI is InChI=1S/C9H18N2O/c1-6(8(11)12)7(10)5-9(2,3)4/h5,10H2,1-4H3,(H2,11,12)/b7-6+. The second-order valence-corrected chi connectivity index (χ2v) is 4.25. The molecule has 0 aliphatic rings. The smallest absolute Gasteiger partial charge is 0.246 e. The fourth-order valence-corrected chi connectivity index (χ4v) is 0.862. The fraction of sp³-hybridized carbons (Fsp3) is 0.667. The number of hydrogen-bond acceptors (Lipinski definition) is 2. The number of carbonyl (C=O) groups is 1. The Hall–Kier alpha value is -0.990. The van der Waals surface area contributed by atoms with E-state index < -0.39 is 5.91 Å². The van der Waals surface area contributed by atoms with E-state index in [-0.39, 0.29) is 5.41 Å². The Morgan fingerprint density at radius 1 is 1.25 bits per heavy atom. The summed E-state index contributed by atoms with van der Waals surface area (Å²) in [6.07, 6.45) is 0.696. The highest BCUT2D eigenvalue weighted by Gasteiger charge is 2.14. The summed E-state index contributed by atoms with van der Waals surface area (Å²) in [5.41, 5.74) is 11.9. The second-order valence-electron chi connectivity index (χ2n) is 4.25. The highest BCUT2D eigenvalue weighted by atomic mass is 16.1. The van der Waals surface area contributed by atoms with Crippen molar-refractivity contribution in [3.05, 3.63) is 11.3 Å². The maximum absolute atomic E-state index is 10.7. The highest BCUT2D eigenvalue weighted by Crippen LogP contribution is 2.22. The minimum Gasteiger partial charge on any atom is -0.402 e. The van der Waals surface area contributed by atoms with E-state index in [1.165, 1.54) is 0 Å². The topological polar surface area (TPSA) is 69.1 Å². The van der Waals surface area contributed by atoms with Gasteiger partial charge in [0.25, 0.3) is 0 Å². The van der Waals surface area contributed by atoms with Crippen molar-refractivity contribution in [1.29, 1.82) is 0 Å². The molecule has 0 atom stereocenters. The third kappa shape index (κ3) is 4.01. The Bertz CT molecular complexity index is 211. The van der Waals surface area contributed by atoms with Crippen LogP contribution in [-0.2, 0) is 4.79 Å². The number of hydrogen-bond donors (Lipinski definition) is 2. The summed E-state index contributed by atoms with van der Waals surface area (Å²) < 4.78 is 0. The molecule has 0 heterocycles. The second kappa shape index (κ2) is 3.61. The van der Waals surface area contributed by atoms with Crippen molar-refractivity contribution in [2.45, 2.75) is 34.1 Å². The molecule has 70 valence electrons. The Morgan fingerprint density at radius 2 is 1.67 bits per heavy atom. The van der Waals surface area contributed by atoms with Gasteiger partial charge in [-0.3, -0.25) is 4.79 Å². The maximum Gasteiger partial charge on any atom is 0.246 e. The summed E-state index contributed by atoms with van der Waals surface area (Å²) in [7, 11) is 0. The average Bonchev–Trinajstić information content (AvgIpc) is 1.82. The van der Waals surface area contributed by atoms with Crippen molar-refractivity contribution in [3.63, 3.8) is 0 Å². The monoisotopic (exact) mass is 170 g/mol. The molecule has 0 aliphatic heterocycles. The number of rotatable bonds is 2. The van der Waals surface area contributed by atoms with Crippen LogP contribution in [0.2, 0.25) is 0 Å². The number of allylic oxidation sites excluding steroid dienone is 1. The van der Waals surface area contributed by atoms with Crippen molar-refractivity contribution < 1.29 is 4.79 Å². The Morgan fingerprint density at radius 3 is 1.92 bits per heavy atom. The predicted octanol–water partition coefficient (Wildman–Crippen LogP) is 1.14. The van der Waals surface area contributed by atoms with Gasteiger partial charge in [0, 0.05) is 11.3 Å². The number of primary amides is 1. The molecule has 0 fully saturated rings. The summed E-state index contributed by atoms with van der Waals surface area (Å²) in [5.74, 6) is -0.434. The normalized spacial score (nSPS) is 14.0. The fourth-order valence-electron chi connectivity index (χ4n) is 0.862. The Kier molecular flexibility index (Phi) is 3.31. The Balaban J connectivity index is 4.49. The van der Waals surface area contributed by atoms with Crippen molar-refractivity contribution in [3.8, 4) is 0 Å². The number of amides is 1. The van der Waals surface area contributed by atoms with Crippen LogP contribution < -0.4 is 11.5 Å². The van der Waals surface area contributed by atoms with Gasteiger partial charge >= 0.3 is 0 Å². The van der Waals surface area contributed by atoms with Crippen molar-refractivity contribution in [2.24, 2.45) is 16.9 Å². The first kappa shape index (κ1) is 11.0. The van der Waals surface area contributed by atoms with E-state index in [4.69, 9.17) is 11.5 Å². The molecular formula is C9H18N2O. The van der Waals surface area contributed by atoms with E-state index in [0.29, 0.717) is 17.7 Å². The van der Waals surface area contributed by atoms with Crippen LogP contribution in [0.1, 0.15) is 34.1 Å². The molecule has 1 amide bonds. The molecule has 4 N–H and O–H groups in total. The van der Waals surface area contributed by atoms with Crippen LogP contribution in [0.5, 0.6) is 0 Å². The summed E-state index contributed by atoms with van der Waals surface area (Å²) >= 11 is 0. The number of carbonyl (C=O) groups excluding carboxylic acids is 1. The van der Waals surface area contributed by atoms with Gasteiger partial charge in [-0.2, -0.15) is 0 Å². The minimum atomic E-state index is -0.434. The van der Waals surface area contributed by atoms with Crippen LogP contribution >= 0.6 is 0 Å². The summed E-state index contributed by atoms with van der Waals surface area (Å²) in [6, 6.07) is 0. The molecule has 0 radical (unpaired) electrons. The first-order valence-electron chi connectivity index (χ1n) is 3.99. The average molecular weight is 170 g/mol. The van der Waals surface area contributed by atoms with Crippen LogP contribution in [0.15, 0.2) is 11.3 Å². The van der Waals surface area contributed by atoms with Gasteiger partial charge in [0.1, 0.15) is 0 Å². The van der Waals surface area contributed by atoms with E-state index in [2.05, 4.69) is 20.8 Å². The summed E-state index contributed by atoms with van der Waals surface area (Å²) in [4.78, 5) is 10.7. The van der Waals surface area contributed by atoms with E-state index in [0.717, 1.165) is 0 Å².